The van der Waals surface area contributed by atoms with Crippen LogP contribution in [0.5, 0.6) is 0 Å². The molecule has 0 aliphatic carbocycles. The van der Waals surface area contributed by atoms with Gasteiger partial charge in [-0.15, -0.1) is 11.3 Å². The van der Waals surface area contributed by atoms with Crippen molar-refractivity contribution >= 4 is 28.8 Å². The fourth-order valence-electron chi connectivity index (χ4n) is 2.75. The first-order chi connectivity index (χ1) is 13.4. The van der Waals surface area contributed by atoms with Gasteiger partial charge in [0.05, 0.1) is 10.7 Å². The molecule has 5 nitrogen and oxygen atoms in total. The van der Waals surface area contributed by atoms with E-state index in [1.54, 1.807) is 24.3 Å². The average molecular weight is 394 g/mol. The molecule has 2 N–H and O–H groups in total. The number of hydrogen-bond donors (Lipinski definition) is 2. The molecule has 144 valence electrons. The maximum absolute atomic E-state index is 12.6. The highest BCUT2D eigenvalue weighted by Crippen LogP contribution is 2.22. The van der Waals surface area contributed by atoms with Crippen molar-refractivity contribution < 1.29 is 9.59 Å². The van der Waals surface area contributed by atoms with E-state index in [-0.39, 0.29) is 17.9 Å². The Labute approximate surface area is 168 Å². The molecule has 28 heavy (non-hydrogen) atoms. The number of nitrogens with one attached hydrogen (secondary N) is 2. The Morgan fingerprint density at radius 3 is 2.32 bits per heavy atom. The number of aryl methyl sites for hydroxylation is 1. The smallest absolute Gasteiger partial charge is 0.267 e. The molecule has 1 aromatic heterocycles. The molecule has 1 heterocycles. The van der Waals surface area contributed by atoms with Crippen LogP contribution in [0.3, 0.4) is 0 Å². The topological polar surface area (TPSA) is 71.1 Å². The Bertz CT molecular complexity index is 963. The first kappa shape index (κ1) is 19.8. The van der Waals surface area contributed by atoms with E-state index in [2.05, 4.69) is 15.6 Å². The van der Waals surface area contributed by atoms with Crippen molar-refractivity contribution in [2.75, 3.05) is 5.32 Å². The molecule has 3 aromatic rings. The van der Waals surface area contributed by atoms with Crippen molar-refractivity contribution in [3.05, 3.63) is 81.3 Å². The van der Waals surface area contributed by atoms with Crippen LogP contribution < -0.4 is 10.6 Å². The van der Waals surface area contributed by atoms with Gasteiger partial charge in [0.1, 0.15) is 4.88 Å². The van der Waals surface area contributed by atoms with Crippen molar-refractivity contribution in [1.82, 2.24) is 10.3 Å². The molecule has 0 unspecified atom stereocenters. The molecule has 0 atom stereocenters. The summed E-state index contributed by atoms with van der Waals surface area (Å²) in [5.41, 5.74) is 3.09. The van der Waals surface area contributed by atoms with Crippen LogP contribution in [-0.2, 0) is 6.42 Å². The summed E-state index contributed by atoms with van der Waals surface area (Å²) in [7, 11) is 0. The number of hydrogen-bond acceptors (Lipinski definition) is 4. The standard InChI is InChI=1S/C22H23N3O2S/c1-14(2)23-21(26)17-9-11-18(12-10-17)25-22(27)20-15(3)24-19(28-20)13-16-7-5-4-6-8-16/h4-12,14H,13H2,1-3H3,(H,23,26)(H,25,27). The summed E-state index contributed by atoms with van der Waals surface area (Å²) < 4.78 is 0. The number of anilines is 1. The number of benzene rings is 2. The largest absolute Gasteiger partial charge is 0.350 e. The van der Waals surface area contributed by atoms with Crippen molar-refractivity contribution in [1.29, 1.82) is 0 Å². The number of thiazole rings is 1. The molecule has 0 radical (unpaired) electrons. The minimum atomic E-state index is -0.186. The van der Waals surface area contributed by atoms with Crippen LogP contribution in [0.2, 0.25) is 0 Å². The highest BCUT2D eigenvalue weighted by atomic mass is 32.1. The minimum absolute atomic E-state index is 0.0752. The molecule has 0 fully saturated rings. The van der Waals surface area contributed by atoms with Crippen molar-refractivity contribution in [2.24, 2.45) is 0 Å². The van der Waals surface area contributed by atoms with Gasteiger partial charge in [-0.3, -0.25) is 9.59 Å². The van der Waals surface area contributed by atoms with Gasteiger partial charge in [-0.2, -0.15) is 0 Å². The van der Waals surface area contributed by atoms with Crippen molar-refractivity contribution in [2.45, 2.75) is 33.2 Å². The molecular formula is C22H23N3O2S. The fraction of sp³-hybridized carbons (Fsp3) is 0.227. The lowest BCUT2D eigenvalue weighted by Crippen LogP contribution is -2.30. The van der Waals surface area contributed by atoms with Gasteiger partial charge in [-0.05, 0) is 50.6 Å². The highest BCUT2D eigenvalue weighted by Gasteiger charge is 2.16. The molecule has 3 rings (SSSR count). The maximum atomic E-state index is 12.6. The number of nitrogens with zero attached hydrogens (tertiary/aromatic N) is 1. The van der Waals surface area contributed by atoms with E-state index in [1.807, 2.05) is 51.1 Å². The Hall–Kier alpha value is -2.99. The van der Waals surface area contributed by atoms with Crippen LogP contribution in [-0.4, -0.2) is 22.8 Å². The fourth-order valence-corrected chi connectivity index (χ4v) is 3.74. The quantitative estimate of drug-likeness (QED) is 0.651. The second-order valence-corrected chi connectivity index (χ2v) is 7.93. The molecule has 0 spiro atoms. The minimum Gasteiger partial charge on any atom is -0.350 e. The van der Waals surface area contributed by atoms with E-state index >= 15 is 0 Å². The third kappa shape index (κ3) is 5.04. The normalized spacial score (nSPS) is 10.7. The van der Waals surface area contributed by atoms with Gasteiger partial charge in [0.25, 0.3) is 11.8 Å². The summed E-state index contributed by atoms with van der Waals surface area (Å²) in [5.74, 6) is -0.314. The monoisotopic (exact) mass is 393 g/mol. The molecule has 0 aliphatic rings. The average Bonchev–Trinajstić information content (AvgIpc) is 3.03. The lowest BCUT2D eigenvalue weighted by molar-refractivity contribution is 0.0942. The predicted molar refractivity (Wildman–Crippen MR) is 113 cm³/mol. The summed E-state index contributed by atoms with van der Waals surface area (Å²) in [6.07, 6.45) is 0.708. The Balaban J connectivity index is 1.67. The van der Waals surface area contributed by atoms with E-state index in [0.717, 1.165) is 10.7 Å². The zero-order valence-corrected chi connectivity index (χ0v) is 17.0. The first-order valence-electron chi connectivity index (χ1n) is 9.15. The Morgan fingerprint density at radius 1 is 1.00 bits per heavy atom. The van der Waals surface area contributed by atoms with Gasteiger partial charge >= 0.3 is 0 Å². The highest BCUT2D eigenvalue weighted by molar-refractivity contribution is 7.14. The number of rotatable bonds is 6. The van der Waals surface area contributed by atoms with Gasteiger partial charge in [0.2, 0.25) is 0 Å². The maximum Gasteiger partial charge on any atom is 0.267 e. The van der Waals surface area contributed by atoms with E-state index in [9.17, 15) is 9.59 Å². The molecule has 6 heteroatoms. The van der Waals surface area contributed by atoms with Crippen LogP contribution in [0.25, 0.3) is 0 Å². The lowest BCUT2D eigenvalue weighted by atomic mass is 10.2. The number of carbonyl (C=O) groups excluding carboxylic acids is 2. The molecule has 0 bridgehead atoms. The number of carbonyl (C=O) groups is 2. The summed E-state index contributed by atoms with van der Waals surface area (Å²) in [6, 6.07) is 17.0. The van der Waals surface area contributed by atoms with Crippen molar-refractivity contribution in [3.8, 4) is 0 Å². The van der Waals surface area contributed by atoms with Gasteiger partial charge in [-0.1, -0.05) is 30.3 Å². The van der Waals surface area contributed by atoms with E-state index in [0.29, 0.717) is 22.5 Å². The van der Waals surface area contributed by atoms with Crippen LogP contribution in [0.15, 0.2) is 54.6 Å². The number of aromatic nitrogens is 1. The first-order valence-corrected chi connectivity index (χ1v) is 9.96. The van der Waals surface area contributed by atoms with Crippen molar-refractivity contribution in [3.63, 3.8) is 0 Å². The molecule has 2 amide bonds. The van der Waals surface area contributed by atoms with Crippen LogP contribution >= 0.6 is 11.3 Å². The van der Waals surface area contributed by atoms with Crippen LogP contribution in [0.4, 0.5) is 5.69 Å². The zero-order chi connectivity index (χ0) is 20.1. The predicted octanol–water partition coefficient (Wildman–Crippen LogP) is 4.43. The zero-order valence-electron chi connectivity index (χ0n) is 16.2. The number of amides is 2. The summed E-state index contributed by atoms with van der Waals surface area (Å²) in [5, 5.41) is 6.64. The third-order valence-electron chi connectivity index (χ3n) is 4.07. The summed E-state index contributed by atoms with van der Waals surface area (Å²) in [6.45, 7) is 5.67. The second kappa shape index (κ2) is 8.80. The molecule has 0 aliphatic heterocycles. The lowest BCUT2D eigenvalue weighted by Gasteiger charge is -2.09. The Kier molecular flexibility index (Phi) is 6.21. The van der Waals surface area contributed by atoms with E-state index < -0.39 is 0 Å². The summed E-state index contributed by atoms with van der Waals surface area (Å²) >= 11 is 1.41. The molecule has 0 saturated heterocycles. The van der Waals surface area contributed by atoms with Gasteiger partial charge in [-0.25, -0.2) is 4.98 Å². The van der Waals surface area contributed by atoms with Crippen LogP contribution in [0.1, 0.15) is 50.1 Å². The Morgan fingerprint density at radius 2 is 1.68 bits per heavy atom. The van der Waals surface area contributed by atoms with E-state index in [1.165, 1.54) is 16.9 Å². The summed E-state index contributed by atoms with van der Waals surface area (Å²) in [4.78, 5) is 29.8. The third-order valence-corrected chi connectivity index (χ3v) is 5.23. The molecule has 0 saturated carbocycles. The van der Waals surface area contributed by atoms with Gasteiger partial charge < -0.3 is 10.6 Å². The SMILES string of the molecule is Cc1nc(Cc2ccccc2)sc1C(=O)Nc1ccc(C(=O)NC(C)C)cc1. The molecular weight excluding hydrogens is 370 g/mol. The molecule has 2 aromatic carbocycles. The van der Waals surface area contributed by atoms with Crippen LogP contribution in [0, 0.1) is 6.92 Å². The second-order valence-electron chi connectivity index (χ2n) is 6.84. The van der Waals surface area contributed by atoms with Gasteiger partial charge in [0, 0.05) is 23.7 Å². The van der Waals surface area contributed by atoms with Gasteiger partial charge in [0.15, 0.2) is 0 Å². The van der Waals surface area contributed by atoms with E-state index in [4.69, 9.17) is 0 Å².